The molecule has 1 N–H and O–H groups in total. The van der Waals surface area contributed by atoms with Crippen LogP contribution in [0.15, 0.2) is 24.3 Å². The van der Waals surface area contributed by atoms with Gasteiger partial charge in [0.1, 0.15) is 0 Å². The Hall–Kier alpha value is -1.61. The second-order valence-corrected chi connectivity index (χ2v) is 5.15. The second kappa shape index (κ2) is 6.02. The number of nitrogens with one attached hydrogen (secondary N) is 1. The average Bonchev–Trinajstić information content (AvgIpc) is 2.65. The molecule has 0 radical (unpaired) electrons. The van der Waals surface area contributed by atoms with Crippen LogP contribution in [0.3, 0.4) is 0 Å². The van der Waals surface area contributed by atoms with Crippen molar-refractivity contribution in [1.29, 1.82) is 0 Å². The van der Waals surface area contributed by atoms with E-state index >= 15 is 0 Å². The molecular formula is C16H23N3. The van der Waals surface area contributed by atoms with E-state index in [0.29, 0.717) is 0 Å². The van der Waals surface area contributed by atoms with Crippen LogP contribution in [0.25, 0.3) is 0 Å². The molecule has 0 aliphatic heterocycles. The zero-order valence-corrected chi connectivity index (χ0v) is 12.3. The standard InChI is InChI=1S/C16H23N3/c1-12-5-7-15(8-6-12)11-19-14(3)16(9-10-17-4)13(2)18-19/h5-8,17H,9-11H2,1-4H3. The van der Waals surface area contributed by atoms with Crippen molar-refractivity contribution in [2.24, 2.45) is 0 Å². The van der Waals surface area contributed by atoms with Crippen LogP contribution in [0.1, 0.15) is 28.1 Å². The quantitative estimate of drug-likeness (QED) is 0.892. The molecule has 0 fully saturated rings. The normalized spacial score (nSPS) is 10.9. The largest absolute Gasteiger partial charge is 0.319 e. The van der Waals surface area contributed by atoms with E-state index in [0.717, 1.165) is 25.2 Å². The van der Waals surface area contributed by atoms with Crippen LogP contribution in [-0.2, 0) is 13.0 Å². The van der Waals surface area contributed by atoms with Crippen LogP contribution in [0, 0.1) is 20.8 Å². The third kappa shape index (κ3) is 3.24. The van der Waals surface area contributed by atoms with Gasteiger partial charge in [0.2, 0.25) is 0 Å². The van der Waals surface area contributed by atoms with Crippen LogP contribution in [0.2, 0.25) is 0 Å². The first-order valence-electron chi connectivity index (χ1n) is 6.85. The summed E-state index contributed by atoms with van der Waals surface area (Å²) in [6, 6.07) is 8.67. The molecule has 19 heavy (non-hydrogen) atoms. The van der Waals surface area contributed by atoms with E-state index in [1.54, 1.807) is 0 Å². The van der Waals surface area contributed by atoms with Crippen LogP contribution >= 0.6 is 0 Å². The molecule has 2 rings (SSSR count). The summed E-state index contributed by atoms with van der Waals surface area (Å²) in [6.07, 6.45) is 1.04. The van der Waals surface area contributed by atoms with Crippen molar-refractivity contribution in [2.75, 3.05) is 13.6 Å². The molecule has 0 aliphatic rings. The Bertz CT molecular complexity index is 538. The lowest BCUT2D eigenvalue weighted by Crippen LogP contribution is -2.11. The molecule has 2 aromatic rings. The minimum atomic E-state index is 0.854. The number of aromatic nitrogens is 2. The first-order chi connectivity index (χ1) is 9.11. The summed E-state index contributed by atoms with van der Waals surface area (Å²) in [5, 5.41) is 7.87. The highest BCUT2D eigenvalue weighted by Gasteiger charge is 2.10. The van der Waals surface area contributed by atoms with Crippen LogP contribution in [-0.4, -0.2) is 23.4 Å². The Morgan fingerprint density at radius 2 is 1.79 bits per heavy atom. The Morgan fingerprint density at radius 3 is 2.42 bits per heavy atom. The summed E-state index contributed by atoms with van der Waals surface area (Å²) in [6.45, 7) is 8.23. The lowest BCUT2D eigenvalue weighted by molar-refractivity contribution is 0.657. The highest BCUT2D eigenvalue weighted by Crippen LogP contribution is 2.15. The number of hydrogen-bond acceptors (Lipinski definition) is 2. The smallest absolute Gasteiger partial charge is 0.0662 e. The van der Waals surface area contributed by atoms with Gasteiger partial charge in [0, 0.05) is 5.69 Å². The third-order valence-corrected chi connectivity index (χ3v) is 3.61. The molecule has 0 aliphatic carbocycles. The number of aryl methyl sites for hydroxylation is 2. The maximum absolute atomic E-state index is 4.67. The van der Waals surface area contributed by atoms with E-state index in [-0.39, 0.29) is 0 Å². The molecule has 0 unspecified atom stereocenters. The number of hydrogen-bond donors (Lipinski definition) is 1. The van der Waals surface area contributed by atoms with E-state index in [1.165, 1.54) is 22.4 Å². The number of benzene rings is 1. The molecule has 1 aromatic carbocycles. The van der Waals surface area contributed by atoms with Crippen molar-refractivity contribution in [1.82, 2.24) is 15.1 Å². The Morgan fingerprint density at radius 1 is 1.11 bits per heavy atom. The monoisotopic (exact) mass is 257 g/mol. The van der Waals surface area contributed by atoms with Gasteiger partial charge >= 0.3 is 0 Å². The molecule has 0 saturated heterocycles. The summed E-state index contributed by atoms with van der Waals surface area (Å²) >= 11 is 0. The summed E-state index contributed by atoms with van der Waals surface area (Å²) in [7, 11) is 1.99. The minimum Gasteiger partial charge on any atom is -0.319 e. The van der Waals surface area contributed by atoms with Gasteiger partial charge in [-0.15, -0.1) is 0 Å². The Balaban J connectivity index is 2.19. The molecule has 102 valence electrons. The van der Waals surface area contributed by atoms with E-state index in [2.05, 4.69) is 60.1 Å². The van der Waals surface area contributed by atoms with Gasteiger partial charge < -0.3 is 5.32 Å². The van der Waals surface area contributed by atoms with Crippen LogP contribution < -0.4 is 5.32 Å². The fraction of sp³-hybridized carbons (Fsp3) is 0.438. The van der Waals surface area contributed by atoms with E-state index in [9.17, 15) is 0 Å². The van der Waals surface area contributed by atoms with Crippen molar-refractivity contribution < 1.29 is 0 Å². The van der Waals surface area contributed by atoms with Gasteiger partial charge in [-0.3, -0.25) is 4.68 Å². The summed E-state index contributed by atoms with van der Waals surface area (Å²) in [5.41, 5.74) is 6.41. The maximum Gasteiger partial charge on any atom is 0.0662 e. The summed E-state index contributed by atoms with van der Waals surface area (Å²) < 4.78 is 2.12. The molecule has 3 heteroatoms. The first kappa shape index (κ1) is 13.8. The molecule has 0 bridgehead atoms. The van der Waals surface area contributed by atoms with Gasteiger partial charge in [0.15, 0.2) is 0 Å². The molecule has 3 nitrogen and oxygen atoms in total. The van der Waals surface area contributed by atoms with Gasteiger partial charge in [0.25, 0.3) is 0 Å². The molecule has 1 heterocycles. The summed E-state index contributed by atoms with van der Waals surface area (Å²) in [5.74, 6) is 0. The molecule has 0 amide bonds. The van der Waals surface area contributed by atoms with Crippen LogP contribution in [0.4, 0.5) is 0 Å². The Kier molecular flexibility index (Phi) is 4.38. The van der Waals surface area contributed by atoms with E-state index in [4.69, 9.17) is 0 Å². The van der Waals surface area contributed by atoms with Crippen molar-refractivity contribution >= 4 is 0 Å². The number of likely N-dealkylation sites (N-methyl/N-ethyl adjacent to an activating group) is 1. The molecule has 1 aromatic heterocycles. The van der Waals surface area contributed by atoms with Crippen molar-refractivity contribution in [2.45, 2.75) is 33.7 Å². The van der Waals surface area contributed by atoms with Crippen molar-refractivity contribution in [3.8, 4) is 0 Å². The Labute approximate surface area is 115 Å². The van der Waals surface area contributed by atoms with Gasteiger partial charge in [0.05, 0.1) is 12.2 Å². The zero-order chi connectivity index (χ0) is 13.8. The van der Waals surface area contributed by atoms with E-state index in [1.807, 2.05) is 7.05 Å². The van der Waals surface area contributed by atoms with Gasteiger partial charge in [-0.2, -0.15) is 5.10 Å². The highest BCUT2D eigenvalue weighted by atomic mass is 15.3. The fourth-order valence-electron chi connectivity index (χ4n) is 2.37. The second-order valence-electron chi connectivity index (χ2n) is 5.15. The zero-order valence-electron chi connectivity index (χ0n) is 12.3. The molecule has 0 atom stereocenters. The van der Waals surface area contributed by atoms with E-state index < -0.39 is 0 Å². The predicted octanol–water partition coefficient (Wildman–Crippen LogP) is 2.62. The predicted molar refractivity (Wildman–Crippen MR) is 79.6 cm³/mol. The lowest BCUT2D eigenvalue weighted by Gasteiger charge is -2.06. The fourth-order valence-corrected chi connectivity index (χ4v) is 2.37. The number of rotatable bonds is 5. The minimum absolute atomic E-state index is 0.854. The molecule has 0 saturated carbocycles. The number of nitrogens with zero attached hydrogens (tertiary/aromatic N) is 2. The van der Waals surface area contributed by atoms with Crippen LogP contribution in [0.5, 0.6) is 0 Å². The third-order valence-electron chi connectivity index (χ3n) is 3.61. The van der Waals surface area contributed by atoms with Gasteiger partial charge in [-0.05, 0) is 51.9 Å². The lowest BCUT2D eigenvalue weighted by atomic mass is 10.1. The van der Waals surface area contributed by atoms with Crippen molar-refractivity contribution in [3.05, 3.63) is 52.3 Å². The van der Waals surface area contributed by atoms with Crippen molar-refractivity contribution in [3.63, 3.8) is 0 Å². The van der Waals surface area contributed by atoms with Gasteiger partial charge in [-0.1, -0.05) is 29.8 Å². The molecular weight excluding hydrogens is 234 g/mol. The summed E-state index contributed by atoms with van der Waals surface area (Å²) in [4.78, 5) is 0. The maximum atomic E-state index is 4.67. The topological polar surface area (TPSA) is 29.9 Å². The highest BCUT2D eigenvalue weighted by molar-refractivity contribution is 5.27. The SMILES string of the molecule is CNCCc1c(C)nn(Cc2ccc(C)cc2)c1C. The molecule has 0 spiro atoms. The first-order valence-corrected chi connectivity index (χ1v) is 6.85. The average molecular weight is 257 g/mol. The van der Waals surface area contributed by atoms with Gasteiger partial charge in [-0.25, -0.2) is 0 Å².